The quantitative estimate of drug-likeness (QED) is 0.338. The predicted molar refractivity (Wildman–Crippen MR) is 113 cm³/mol. The Morgan fingerprint density at radius 2 is 1.72 bits per heavy atom. The van der Waals surface area contributed by atoms with E-state index in [9.17, 15) is 4.79 Å². The number of nitrogens with zero attached hydrogens (tertiary/aromatic N) is 2. The zero-order valence-electron chi connectivity index (χ0n) is 16.2. The minimum atomic E-state index is -1.32. The number of benzene rings is 3. The Bertz CT molecular complexity index is 1150. The number of hydrogen-bond acceptors (Lipinski definition) is 3. The number of imidazole rings is 1. The van der Waals surface area contributed by atoms with Crippen LogP contribution in [0.15, 0.2) is 72.8 Å². The minimum Gasteiger partial charge on any atom is -0.449 e. The van der Waals surface area contributed by atoms with Gasteiger partial charge in [0.15, 0.2) is 0 Å². The molecule has 0 spiro atoms. The van der Waals surface area contributed by atoms with E-state index in [1.54, 1.807) is 12.1 Å². The second-order valence-corrected chi connectivity index (χ2v) is 6.91. The molecule has 0 saturated carbocycles. The smallest absolute Gasteiger partial charge is 0.449 e. The molecule has 5 nitrogen and oxygen atoms in total. The number of carboxylic acid groups (broad SMARTS) is 1. The van der Waals surface area contributed by atoms with Crippen LogP contribution in [-0.4, -0.2) is 20.8 Å². The van der Waals surface area contributed by atoms with Gasteiger partial charge in [-0.2, -0.15) is 0 Å². The van der Waals surface area contributed by atoms with Crippen molar-refractivity contribution in [1.82, 2.24) is 9.55 Å². The molecule has 0 saturated heterocycles. The molecule has 1 N–H and O–H groups in total. The van der Waals surface area contributed by atoms with Crippen LogP contribution in [0.25, 0.3) is 22.2 Å². The highest BCUT2D eigenvalue weighted by Gasteiger charge is 2.12. The summed E-state index contributed by atoms with van der Waals surface area (Å²) >= 11 is 0. The Labute approximate surface area is 169 Å². The first-order chi connectivity index (χ1) is 14.2. The second-order valence-electron chi connectivity index (χ2n) is 6.91. The van der Waals surface area contributed by atoms with Crippen LogP contribution in [0.5, 0.6) is 5.75 Å². The van der Waals surface area contributed by atoms with Crippen molar-refractivity contribution >= 4 is 17.2 Å². The molecule has 0 amide bonds. The van der Waals surface area contributed by atoms with Gasteiger partial charge in [-0.25, -0.2) is 9.78 Å². The van der Waals surface area contributed by atoms with Gasteiger partial charge in [0.1, 0.15) is 11.6 Å². The van der Waals surface area contributed by atoms with E-state index in [0.717, 1.165) is 52.9 Å². The van der Waals surface area contributed by atoms with E-state index in [1.165, 1.54) is 0 Å². The van der Waals surface area contributed by atoms with Crippen molar-refractivity contribution < 1.29 is 14.6 Å². The summed E-state index contributed by atoms with van der Waals surface area (Å²) in [6.45, 7) is 2.90. The summed E-state index contributed by atoms with van der Waals surface area (Å²) in [6, 6.07) is 23.5. The summed E-state index contributed by atoms with van der Waals surface area (Å²) < 4.78 is 7.18. The van der Waals surface area contributed by atoms with Crippen LogP contribution >= 0.6 is 0 Å². The van der Waals surface area contributed by atoms with Crippen molar-refractivity contribution in [3.63, 3.8) is 0 Å². The molecule has 146 valence electrons. The number of fused-ring (bicyclic) bond motifs is 1. The number of aromatic nitrogens is 2. The molecule has 1 heterocycles. The molecule has 0 bridgehead atoms. The molecule has 29 heavy (non-hydrogen) atoms. The van der Waals surface area contributed by atoms with E-state index in [0.29, 0.717) is 5.75 Å². The summed E-state index contributed by atoms with van der Waals surface area (Å²) in [5.74, 6) is 1.43. The third-order valence-electron chi connectivity index (χ3n) is 4.90. The van der Waals surface area contributed by atoms with Crippen molar-refractivity contribution in [2.45, 2.75) is 26.3 Å². The number of hydrogen-bond donors (Lipinski definition) is 1. The summed E-state index contributed by atoms with van der Waals surface area (Å²) in [5.41, 5.74) is 4.98. The van der Waals surface area contributed by atoms with Gasteiger partial charge in [0.05, 0.1) is 11.0 Å². The van der Waals surface area contributed by atoms with Gasteiger partial charge < -0.3 is 14.4 Å². The lowest BCUT2D eigenvalue weighted by Gasteiger charge is -2.11. The Morgan fingerprint density at radius 1 is 1.00 bits per heavy atom. The van der Waals surface area contributed by atoms with E-state index < -0.39 is 6.16 Å². The molecule has 4 aromatic rings. The molecule has 3 aromatic carbocycles. The van der Waals surface area contributed by atoms with E-state index >= 15 is 0 Å². The van der Waals surface area contributed by atoms with Crippen LogP contribution < -0.4 is 4.74 Å². The van der Waals surface area contributed by atoms with Crippen molar-refractivity contribution in [3.8, 4) is 16.9 Å². The molecular weight excluding hydrogens is 364 g/mol. The van der Waals surface area contributed by atoms with Gasteiger partial charge in [0.2, 0.25) is 0 Å². The molecule has 1 aromatic heterocycles. The largest absolute Gasteiger partial charge is 0.511 e. The molecule has 0 aliphatic heterocycles. The predicted octanol–water partition coefficient (Wildman–Crippen LogP) is 5.76. The summed E-state index contributed by atoms with van der Waals surface area (Å²) in [4.78, 5) is 15.7. The normalized spacial score (nSPS) is 10.9. The highest BCUT2D eigenvalue weighted by atomic mass is 16.7. The first-order valence-electron chi connectivity index (χ1n) is 9.69. The SMILES string of the molecule is CCCc1nc2ccccc2n1Cc1ccc(-c2ccccc2OC(=O)O)cc1. The zero-order valence-corrected chi connectivity index (χ0v) is 16.2. The number of para-hydroxylation sites is 3. The highest BCUT2D eigenvalue weighted by molar-refractivity contribution is 5.76. The van der Waals surface area contributed by atoms with Gasteiger partial charge in [0.25, 0.3) is 0 Å². The Hall–Kier alpha value is -3.60. The third-order valence-corrected chi connectivity index (χ3v) is 4.90. The minimum absolute atomic E-state index is 0.332. The van der Waals surface area contributed by atoms with Crippen molar-refractivity contribution in [3.05, 3.63) is 84.2 Å². The van der Waals surface area contributed by atoms with Crippen LogP contribution in [0.1, 0.15) is 24.7 Å². The van der Waals surface area contributed by atoms with E-state index in [1.807, 2.05) is 42.5 Å². The first-order valence-corrected chi connectivity index (χ1v) is 9.69. The van der Waals surface area contributed by atoms with Gasteiger partial charge in [-0.15, -0.1) is 0 Å². The average molecular weight is 386 g/mol. The molecule has 0 unspecified atom stereocenters. The molecule has 0 fully saturated rings. The van der Waals surface area contributed by atoms with Crippen molar-refractivity contribution in [2.75, 3.05) is 0 Å². The fourth-order valence-corrected chi connectivity index (χ4v) is 3.58. The number of aryl methyl sites for hydroxylation is 1. The standard InChI is InChI=1S/C24H22N2O3/c1-2-7-23-25-20-9-4-5-10-21(20)26(23)16-17-12-14-18(15-13-17)19-8-3-6-11-22(19)29-24(27)28/h3-6,8-15H,2,7,16H2,1H3,(H,27,28). The second kappa shape index (κ2) is 8.19. The lowest BCUT2D eigenvalue weighted by molar-refractivity contribution is 0.144. The van der Waals surface area contributed by atoms with E-state index in [-0.39, 0.29) is 0 Å². The topological polar surface area (TPSA) is 64.4 Å². The fraction of sp³-hybridized carbons (Fsp3) is 0.167. The molecule has 0 atom stereocenters. The molecule has 0 radical (unpaired) electrons. The lowest BCUT2D eigenvalue weighted by Crippen LogP contribution is -2.05. The number of carbonyl (C=O) groups is 1. The zero-order chi connectivity index (χ0) is 20.2. The Balaban J connectivity index is 1.64. The molecule has 5 heteroatoms. The maximum Gasteiger partial charge on any atom is 0.511 e. The van der Waals surface area contributed by atoms with Crippen molar-refractivity contribution in [1.29, 1.82) is 0 Å². The maximum absolute atomic E-state index is 10.9. The molecule has 0 aliphatic carbocycles. The van der Waals surface area contributed by atoms with Gasteiger partial charge in [-0.3, -0.25) is 0 Å². The maximum atomic E-state index is 10.9. The van der Waals surface area contributed by atoms with Gasteiger partial charge in [-0.05, 0) is 35.7 Å². The van der Waals surface area contributed by atoms with Crippen LogP contribution in [-0.2, 0) is 13.0 Å². The number of ether oxygens (including phenoxy) is 1. The van der Waals surface area contributed by atoms with Crippen molar-refractivity contribution in [2.24, 2.45) is 0 Å². The Morgan fingerprint density at radius 3 is 2.48 bits per heavy atom. The highest BCUT2D eigenvalue weighted by Crippen LogP contribution is 2.30. The lowest BCUT2D eigenvalue weighted by atomic mass is 10.0. The van der Waals surface area contributed by atoms with Crippen LogP contribution in [0.4, 0.5) is 4.79 Å². The van der Waals surface area contributed by atoms with E-state index in [4.69, 9.17) is 14.8 Å². The summed E-state index contributed by atoms with van der Waals surface area (Å²) in [6.07, 6.45) is 0.666. The fourth-order valence-electron chi connectivity index (χ4n) is 3.58. The van der Waals surface area contributed by atoms with Gasteiger partial charge in [0, 0.05) is 18.5 Å². The monoisotopic (exact) mass is 386 g/mol. The summed E-state index contributed by atoms with van der Waals surface area (Å²) in [5, 5.41) is 8.95. The molecule has 0 aliphatic rings. The van der Waals surface area contributed by atoms with Crippen LogP contribution in [0.2, 0.25) is 0 Å². The average Bonchev–Trinajstić information content (AvgIpc) is 3.06. The van der Waals surface area contributed by atoms with Crippen LogP contribution in [0, 0.1) is 0 Å². The van der Waals surface area contributed by atoms with Gasteiger partial charge >= 0.3 is 6.16 Å². The Kier molecular flexibility index (Phi) is 5.29. The van der Waals surface area contributed by atoms with Gasteiger partial charge in [-0.1, -0.05) is 61.5 Å². The molecular formula is C24H22N2O3. The molecule has 4 rings (SSSR count). The van der Waals surface area contributed by atoms with Crippen LogP contribution in [0.3, 0.4) is 0 Å². The number of rotatable bonds is 6. The third kappa shape index (κ3) is 3.99. The first kappa shape index (κ1) is 18.7. The van der Waals surface area contributed by atoms with E-state index in [2.05, 4.69) is 29.7 Å². The summed E-state index contributed by atoms with van der Waals surface area (Å²) in [7, 11) is 0.